The van der Waals surface area contributed by atoms with Gasteiger partial charge in [-0.1, -0.05) is 18.2 Å². The molecule has 1 aliphatic heterocycles. The number of benzene rings is 2. The van der Waals surface area contributed by atoms with E-state index in [1.807, 2.05) is 24.3 Å². The molecule has 3 rings (SSSR count). The van der Waals surface area contributed by atoms with Crippen molar-refractivity contribution in [3.8, 4) is 11.5 Å². The Morgan fingerprint density at radius 2 is 1.70 bits per heavy atom. The number of anilines is 1. The third kappa shape index (κ3) is 5.11. The quantitative estimate of drug-likeness (QED) is 0.794. The van der Waals surface area contributed by atoms with Gasteiger partial charge in [-0.25, -0.2) is 0 Å². The smallest absolute Gasteiger partial charge is 0.173 e. The molecule has 0 bridgehead atoms. The van der Waals surface area contributed by atoms with Crippen LogP contribution in [-0.4, -0.2) is 55.3 Å². The monoisotopic (exact) mass is 385 g/mol. The largest absolute Gasteiger partial charge is 0.497 e. The molecule has 27 heavy (non-hydrogen) atoms. The third-order valence-electron chi connectivity index (χ3n) is 4.82. The van der Waals surface area contributed by atoms with Crippen molar-refractivity contribution in [2.45, 2.75) is 13.5 Å². The molecule has 144 valence electrons. The summed E-state index contributed by atoms with van der Waals surface area (Å²) in [6, 6.07) is 14.3. The third-order valence-corrected chi connectivity index (χ3v) is 5.18. The van der Waals surface area contributed by atoms with Crippen LogP contribution in [0, 0.1) is 6.92 Å². The van der Waals surface area contributed by atoms with Gasteiger partial charge in [-0.2, -0.15) is 0 Å². The van der Waals surface area contributed by atoms with Gasteiger partial charge < -0.3 is 19.7 Å². The number of aryl methyl sites for hydroxylation is 1. The number of hydrogen-bond acceptors (Lipinski definition) is 4. The first-order chi connectivity index (χ1) is 13.1. The highest BCUT2D eigenvalue weighted by atomic mass is 32.1. The van der Waals surface area contributed by atoms with Crippen LogP contribution in [0.15, 0.2) is 42.5 Å². The molecule has 0 amide bonds. The number of piperazine rings is 1. The lowest BCUT2D eigenvalue weighted by atomic mass is 10.2. The molecule has 0 aromatic heterocycles. The highest BCUT2D eigenvalue weighted by Crippen LogP contribution is 2.25. The molecule has 1 heterocycles. The SMILES string of the molecule is COc1ccc(CN2CCN(C(=S)Nc3cc(C)ccc3OC)CC2)cc1. The topological polar surface area (TPSA) is 37.0 Å². The molecule has 1 aliphatic rings. The molecular weight excluding hydrogens is 358 g/mol. The fraction of sp³-hybridized carbons (Fsp3) is 0.381. The van der Waals surface area contributed by atoms with Crippen LogP contribution in [0.3, 0.4) is 0 Å². The summed E-state index contributed by atoms with van der Waals surface area (Å²) in [5, 5.41) is 4.10. The van der Waals surface area contributed by atoms with Crippen molar-refractivity contribution in [3.63, 3.8) is 0 Å². The number of ether oxygens (including phenoxy) is 2. The molecule has 0 radical (unpaired) electrons. The van der Waals surface area contributed by atoms with E-state index in [-0.39, 0.29) is 0 Å². The highest BCUT2D eigenvalue weighted by molar-refractivity contribution is 7.80. The van der Waals surface area contributed by atoms with Crippen molar-refractivity contribution in [3.05, 3.63) is 53.6 Å². The van der Waals surface area contributed by atoms with Crippen molar-refractivity contribution in [2.24, 2.45) is 0 Å². The normalized spacial score (nSPS) is 14.7. The Labute approximate surface area is 166 Å². The molecule has 2 aromatic carbocycles. The predicted octanol–water partition coefficient (Wildman–Crippen LogP) is 3.53. The van der Waals surface area contributed by atoms with Gasteiger partial charge in [0.15, 0.2) is 5.11 Å². The van der Waals surface area contributed by atoms with E-state index in [0.717, 1.165) is 55.0 Å². The minimum Gasteiger partial charge on any atom is -0.497 e. The Bertz CT molecular complexity index is 771. The Balaban J connectivity index is 1.52. The highest BCUT2D eigenvalue weighted by Gasteiger charge is 2.19. The number of nitrogens with one attached hydrogen (secondary N) is 1. The Morgan fingerprint density at radius 3 is 2.33 bits per heavy atom. The van der Waals surface area contributed by atoms with Gasteiger partial charge in [0, 0.05) is 32.7 Å². The van der Waals surface area contributed by atoms with E-state index in [2.05, 4.69) is 40.2 Å². The van der Waals surface area contributed by atoms with E-state index >= 15 is 0 Å². The maximum Gasteiger partial charge on any atom is 0.173 e. The molecule has 1 fully saturated rings. The summed E-state index contributed by atoms with van der Waals surface area (Å²) in [5.41, 5.74) is 3.39. The second-order valence-corrected chi connectivity index (χ2v) is 7.13. The lowest BCUT2D eigenvalue weighted by Crippen LogP contribution is -2.49. The second-order valence-electron chi connectivity index (χ2n) is 6.75. The molecule has 6 heteroatoms. The maximum atomic E-state index is 5.63. The molecule has 0 atom stereocenters. The van der Waals surface area contributed by atoms with E-state index in [4.69, 9.17) is 21.7 Å². The van der Waals surface area contributed by atoms with Crippen LogP contribution < -0.4 is 14.8 Å². The first-order valence-corrected chi connectivity index (χ1v) is 9.55. The summed E-state index contributed by atoms with van der Waals surface area (Å²) in [7, 11) is 3.37. The van der Waals surface area contributed by atoms with Crippen LogP contribution in [0.4, 0.5) is 5.69 Å². The average Bonchev–Trinajstić information content (AvgIpc) is 2.69. The van der Waals surface area contributed by atoms with Crippen molar-refractivity contribution in [1.82, 2.24) is 9.80 Å². The average molecular weight is 386 g/mol. The summed E-state index contributed by atoms with van der Waals surface area (Å²) in [6.45, 7) is 6.80. The van der Waals surface area contributed by atoms with E-state index in [1.54, 1.807) is 14.2 Å². The second kappa shape index (κ2) is 9.06. The van der Waals surface area contributed by atoms with Crippen molar-refractivity contribution >= 4 is 23.0 Å². The van der Waals surface area contributed by atoms with Gasteiger partial charge in [-0.3, -0.25) is 4.90 Å². The molecular formula is C21H27N3O2S. The van der Waals surface area contributed by atoms with Crippen molar-refractivity contribution in [1.29, 1.82) is 0 Å². The predicted molar refractivity (Wildman–Crippen MR) is 114 cm³/mol. The van der Waals surface area contributed by atoms with E-state index < -0.39 is 0 Å². The first kappa shape index (κ1) is 19.5. The molecule has 0 unspecified atom stereocenters. The fourth-order valence-electron chi connectivity index (χ4n) is 3.21. The van der Waals surface area contributed by atoms with Crippen LogP contribution in [0.2, 0.25) is 0 Å². The van der Waals surface area contributed by atoms with Crippen LogP contribution >= 0.6 is 12.2 Å². The number of hydrogen-bond donors (Lipinski definition) is 1. The number of methoxy groups -OCH3 is 2. The van der Waals surface area contributed by atoms with E-state index in [9.17, 15) is 0 Å². The van der Waals surface area contributed by atoms with Gasteiger partial charge in [0.2, 0.25) is 0 Å². The van der Waals surface area contributed by atoms with Gasteiger partial charge in [0.25, 0.3) is 0 Å². The van der Waals surface area contributed by atoms with E-state index in [0.29, 0.717) is 0 Å². The number of nitrogens with zero attached hydrogens (tertiary/aromatic N) is 2. The van der Waals surface area contributed by atoms with Crippen molar-refractivity contribution < 1.29 is 9.47 Å². The summed E-state index contributed by atoms with van der Waals surface area (Å²) in [5.74, 6) is 1.70. The standard InChI is InChI=1S/C21H27N3O2S/c1-16-4-9-20(26-3)19(14-16)22-21(27)24-12-10-23(11-13-24)15-17-5-7-18(25-2)8-6-17/h4-9,14H,10-13,15H2,1-3H3,(H,22,27). The molecule has 0 spiro atoms. The Kier molecular flexibility index (Phi) is 6.53. The van der Waals surface area contributed by atoms with Crippen molar-refractivity contribution in [2.75, 3.05) is 45.7 Å². The maximum absolute atomic E-state index is 5.63. The van der Waals surface area contributed by atoms with Gasteiger partial charge in [0.1, 0.15) is 11.5 Å². The fourth-order valence-corrected chi connectivity index (χ4v) is 3.50. The van der Waals surface area contributed by atoms with Gasteiger partial charge in [0.05, 0.1) is 19.9 Å². The number of rotatable bonds is 5. The summed E-state index contributed by atoms with van der Waals surface area (Å²) < 4.78 is 10.7. The van der Waals surface area contributed by atoms with Crippen LogP contribution in [0.1, 0.15) is 11.1 Å². The minimum absolute atomic E-state index is 0.753. The molecule has 0 aliphatic carbocycles. The minimum atomic E-state index is 0.753. The van der Waals surface area contributed by atoms with Gasteiger partial charge >= 0.3 is 0 Å². The zero-order valence-corrected chi connectivity index (χ0v) is 17.0. The van der Waals surface area contributed by atoms with Crippen LogP contribution in [0.5, 0.6) is 11.5 Å². The molecule has 0 saturated carbocycles. The first-order valence-electron chi connectivity index (χ1n) is 9.15. The zero-order chi connectivity index (χ0) is 19.2. The van der Waals surface area contributed by atoms with Gasteiger partial charge in [-0.05, 0) is 54.5 Å². The summed E-state index contributed by atoms with van der Waals surface area (Å²) >= 11 is 5.63. The molecule has 1 saturated heterocycles. The Hall–Kier alpha value is -2.31. The summed E-state index contributed by atoms with van der Waals surface area (Å²) in [6.07, 6.45) is 0. The summed E-state index contributed by atoms with van der Waals surface area (Å²) in [4.78, 5) is 4.68. The van der Waals surface area contributed by atoms with E-state index in [1.165, 1.54) is 11.1 Å². The molecule has 1 N–H and O–H groups in total. The lowest BCUT2D eigenvalue weighted by molar-refractivity contribution is 0.177. The van der Waals surface area contributed by atoms with Gasteiger partial charge in [-0.15, -0.1) is 0 Å². The lowest BCUT2D eigenvalue weighted by Gasteiger charge is -2.36. The molecule has 5 nitrogen and oxygen atoms in total. The molecule has 2 aromatic rings. The van der Waals surface area contributed by atoms with Crippen LogP contribution in [0.25, 0.3) is 0 Å². The van der Waals surface area contributed by atoms with Crippen LogP contribution in [-0.2, 0) is 6.54 Å². The number of thiocarbonyl (C=S) groups is 1. The zero-order valence-electron chi connectivity index (χ0n) is 16.2. The Morgan fingerprint density at radius 1 is 1.00 bits per heavy atom.